The molecule has 2 heterocycles. The van der Waals surface area contributed by atoms with Gasteiger partial charge in [-0.3, -0.25) is 0 Å². The fourth-order valence-corrected chi connectivity index (χ4v) is 3.11. The van der Waals surface area contributed by atoms with Crippen molar-refractivity contribution in [3.63, 3.8) is 0 Å². The van der Waals surface area contributed by atoms with E-state index in [0.29, 0.717) is 11.1 Å². The number of phenols is 1. The highest BCUT2D eigenvalue weighted by Crippen LogP contribution is 2.31. The Kier molecular flexibility index (Phi) is 7.48. The maximum absolute atomic E-state index is 12.0. The van der Waals surface area contributed by atoms with Gasteiger partial charge in [0, 0.05) is 12.2 Å². The number of ether oxygens (including phenoxy) is 4. The van der Waals surface area contributed by atoms with Crippen LogP contribution in [0.2, 0.25) is 0 Å². The number of aliphatic hydroxyl groups excluding tert-OH is 4. The number of aliphatic hydroxyl groups is 4. The van der Waals surface area contributed by atoms with Crippen molar-refractivity contribution < 1.29 is 54.1 Å². The van der Waals surface area contributed by atoms with Crippen LogP contribution in [0.25, 0.3) is 6.08 Å². The monoisotopic (exact) mass is 452 g/mol. The second kappa shape index (κ2) is 10.1. The highest BCUT2D eigenvalue weighted by molar-refractivity contribution is 5.88. The standard InChI is InChI=1S/C21H24O11/c1-10-6-17(25)29-9-15(10)30-16(24)5-3-11-2-4-13(12(23)7-11)31-21-20(28)19(27)18(26)14(8-22)32-21/h2-7,14-15,18-23,26-28H,8-9H2,1H3. The molecule has 0 radical (unpaired) electrons. The van der Waals surface area contributed by atoms with E-state index in [-0.39, 0.29) is 18.1 Å². The first-order chi connectivity index (χ1) is 15.2. The van der Waals surface area contributed by atoms with Crippen LogP contribution < -0.4 is 4.74 Å². The first kappa shape index (κ1) is 23.7. The number of hydrogen-bond donors (Lipinski definition) is 5. The summed E-state index contributed by atoms with van der Waals surface area (Å²) in [4.78, 5) is 23.1. The number of phenolic OH excluding ortho intramolecular Hbond substituents is 1. The molecule has 2 aliphatic rings. The minimum absolute atomic E-state index is 0.0640. The third kappa shape index (κ3) is 5.44. The van der Waals surface area contributed by atoms with E-state index < -0.39 is 55.4 Å². The summed E-state index contributed by atoms with van der Waals surface area (Å²) in [5.74, 6) is -1.62. The van der Waals surface area contributed by atoms with Gasteiger partial charge in [-0.25, -0.2) is 9.59 Å². The summed E-state index contributed by atoms with van der Waals surface area (Å²) < 4.78 is 20.6. The molecule has 0 aromatic heterocycles. The van der Waals surface area contributed by atoms with Crippen LogP contribution in [0.15, 0.2) is 35.9 Å². The van der Waals surface area contributed by atoms with Crippen LogP contribution in [0.1, 0.15) is 12.5 Å². The van der Waals surface area contributed by atoms with Crippen LogP contribution in [0.5, 0.6) is 11.5 Å². The Morgan fingerprint density at radius 3 is 2.62 bits per heavy atom. The van der Waals surface area contributed by atoms with E-state index in [1.54, 1.807) is 6.92 Å². The number of cyclic esters (lactones) is 1. The van der Waals surface area contributed by atoms with Gasteiger partial charge in [-0.15, -0.1) is 0 Å². The SMILES string of the molecule is CC1=CC(=O)OCC1OC(=O)C=Cc1ccc(OC2OC(CO)C(O)C(O)C2O)c(O)c1. The fourth-order valence-electron chi connectivity index (χ4n) is 3.11. The van der Waals surface area contributed by atoms with E-state index in [1.165, 1.54) is 30.4 Å². The smallest absolute Gasteiger partial charge is 0.331 e. The van der Waals surface area contributed by atoms with Crippen LogP contribution >= 0.6 is 0 Å². The zero-order valence-electron chi connectivity index (χ0n) is 17.0. The molecule has 6 atom stereocenters. The largest absolute Gasteiger partial charge is 0.504 e. The normalized spacial score (nSPS) is 30.5. The molecule has 0 saturated carbocycles. The number of esters is 2. The third-order valence-electron chi connectivity index (χ3n) is 4.98. The highest BCUT2D eigenvalue weighted by atomic mass is 16.7. The lowest BCUT2D eigenvalue weighted by Gasteiger charge is -2.39. The molecular formula is C21H24O11. The third-order valence-corrected chi connectivity index (χ3v) is 4.98. The number of aromatic hydroxyl groups is 1. The van der Waals surface area contributed by atoms with Gasteiger partial charge < -0.3 is 44.5 Å². The Hall–Kier alpha value is -2.96. The second-order valence-electron chi connectivity index (χ2n) is 7.32. The quantitative estimate of drug-likeness (QED) is 0.265. The van der Waals surface area contributed by atoms with Crippen LogP contribution in [0.4, 0.5) is 0 Å². The maximum atomic E-state index is 12.0. The van der Waals surface area contributed by atoms with Crippen LogP contribution in [0, 0.1) is 0 Å². The molecule has 2 aliphatic heterocycles. The Morgan fingerprint density at radius 2 is 1.97 bits per heavy atom. The molecule has 11 heteroatoms. The lowest BCUT2D eigenvalue weighted by Crippen LogP contribution is -2.60. The molecule has 5 N–H and O–H groups in total. The van der Waals surface area contributed by atoms with Crippen molar-refractivity contribution in [1.29, 1.82) is 0 Å². The molecule has 0 bridgehead atoms. The molecule has 1 aromatic carbocycles. The van der Waals surface area contributed by atoms with Gasteiger partial charge in [0.25, 0.3) is 0 Å². The summed E-state index contributed by atoms with van der Waals surface area (Å²) in [6, 6.07) is 4.11. The Labute approximate surface area is 182 Å². The van der Waals surface area contributed by atoms with E-state index in [4.69, 9.17) is 18.9 Å². The summed E-state index contributed by atoms with van der Waals surface area (Å²) in [6.45, 7) is 0.967. The van der Waals surface area contributed by atoms with E-state index >= 15 is 0 Å². The first-order valence-electron chi connectivity index (χ1n) is 9.73. The van der Waals surface area contributed by atoms with E-state index in [2.05, 4.69) is 0 Å². The second-order valence-corrected chi connectivity index (χ2v) is 7.32. The molecule has 3 rings (SSSR count). The van der Waals surface area contributed by atoms with Crippen LogP contribution in [-0.4, -0.2) is 87.5 Å². The summed E-state index contributed by atoms with van der Waals surface area (Å²) >= 11 is 0. The molecule has 0 aliphatic carbocycles. The molecular weight excluding hydrogens is 428 g/mol. The van der Waals surface area contributed by atoms with Crippen molar-refractivity contribution >= 4 is 18.0 Å². The Balaban J connectivity index is 1.62. The van der Waals surface area contributed by atoms with Crippen molar-refractivity contribution in [2.24, 2.45) is 0 Å². The first-order valence-corrected chi connectivity index (χ1v) is 9.73. The minimum atomic E-state index is -1.63. The average molecular weight is 452 g/mol. The fraction of sp³-hybridized carbons (Fsp3) is 0.429. The van der Waals surface area contributed by atoms with Gasteiger partial charge in [-0.05, 0) is 36.3 Å². The van der Waals surface area contributed by atoms with Crippen molar-refractivity contribution in [2.45, 2.75) is 43.7 Å². The number of benzene rings is 1. The van der Waals surface area contributed by atoms with Gasteiger partial charge >= 0.3 is 11.9 Å². The number of carbonyl (C=O) groups excluding carboxylic acids is 2. The molecule has 0 amide bonds. The molecule has 6 unspecified atom stereocenters. The van der Waals surface area contributed by atoms with Gasteiger partial charge in [-0.2, -0.15) is 0 Å². The average Bonchev–Trinajstić information content (AvgIpc) is 2.76. The molecule has 1 fully saturated rings. The Bertz CT molecular complexity index is 907. The molecule has 0 spiro atoms. The zero-order chi connectivity index (χ0) is 23.4. The van der Waals surface area contributed by atoms with Crippen molar-refractivity contribution in [3.05, 3.63) is 41.5 Å². The predicted octanol–water partition coefficient (Wildman–Crippen LogP) is -1.00. The lowest BCUT2D eigenvalue weighted by atomic mass is 9.99. The number of rotatable bonds is 6. The summed E-state index contributed by atoms with van der Waals surface area (Å²) in [5.41, 5.74) is 0.985. The summed E-state index contributed by atoms with van der Waals surface area (Å²) in [6.07, 6.45) is -4.29. The summed E-state index contributed by atoms with van der Waals surface area (Å²) in [5, 5.41) is 49.1. The van der Waals surface area contributed by atoms with Gasteiger partial charge in [0.05, 0.1) is 6.61 Å². The minimum Gasteiger partial charge on any atom is -0.504 e. The van der Waals surface area contributed by atoms with Gasteiger partial charge in [0.15, 0.2) is 17.6 Å². The topological polar surface area (TPSA) is 172 Å². The van der Waals surface area contributed by atoms with E-state index in [1.807, 2.05) is 0 Å². The molecule has 174 valence electrons. The van der Waals surface area contributed by atoms with Gasteiger partial charge in [0.2, 0.25) is 6.29 Å². The van der Waals surface area contributed by atoms with Gasteiger partial charge in [0.1, 0.15) is 31.0 Å². The van der Waals surface area contributed by atoms with Crippen molar-refractivity contribution in [1.82, 2.24) is 0 Å². The molecule has 1 saturated heterocycles. The van der Waals surface area contributed by atoms with Gasteiger partial charge in [-0.1, -0.05) is 6.07 Å². The highest BCUT2D eigenvalue weighted by Gasteiger charge is 2.44. The van der Waals surface area contributed by atoms with Crippen LogP contribution in [0.3, 0.4) is 0 Å². The van der Waals surface area contributed by atoms with E-state index in [0.717, 1.165) is 6.08 Å². The zero-order valence-corrected chi connectivity index (χ0v) is 17.0. The van der Waals surface area contributed by atoms with Crippen molar-refractivity contribution in [3.8, 4) is 11.5 Å². The lowest BCUT2D eigenvalue weighted by molar-refractivity contribution is -0.277. The molecule has 1 aromatic rings. The molecule has 11 nitrogen and oxygen atoms in total. The number of hydrogen-bond acceptors (Lipinski definition) is 11. The summed E-state index contributed by atoms with van der Waals surface area (Å²) in [7, 11) is 0. The number of carbonyl (C=O) groups is 2. The molecule has 32 heavy (non-hydrogen) atoms. The Morgan fingerprint density at radius 1 is 1.22 bits per heavy atom. The van der Waals surface area contributed by atoms with Crippen molar-refractivity contribution in [2.75, 3.05) is 13.2 Å². The van der Waals surface area contributed by atoms with Crippen LogP contribution in [-0.2, 0) is 23.8 Å². The maximum Gasteiger partial charge on any atom is 0.331 e. The van der Waals surface area contributed by atoms with E-state index in [9.17, 15) is 35.1 Å². The predicted molar refractivity (Wildman–Crippen MR) is 106 cm³/mol.